The van der Waals surface area contributed by atoms with E-state index in [4.69, 9.17) is 0 Å². The van der Waals surface area contributed by atoms with E-state index in [0.29, 0.717) is 0 Å². The van der Waals surface area contributed by atoms with E-state index in [2.05, 4.69) is 5.32 Å². The maximum absolute atomic E-state index is 11.5. The van der Waals surface area contributed by atoms with Crippen LogP contribution in [0.3, 0.4) is 0 Å². The van der Waals surface area contributed by atoms with Gasteiger partial charge in [-0.25, -0.2) is 0 Å². The molecule has 2 N–H and O–H groups in total. The summed E-state index contributed by atoms with van der Waals surface area (Å²) >= 11 is 0. The first-order chi connectivity index (χ1) is 7.69. The van der Waals surface area contributed by atoms with Gasteiger partial charge in [0.05, 0.1) is 0 Å². The number of nitrogens with one attached hydrogen (secondary N) is 1. The maximum atomic E-state index is 11.5. The molecule has 0 aromatic heterocycles. The van der Waals surface area contributed by atoms with Crippen LogP contribution < -0.4 is 5.32 Å². The first-order valence-corrected chi connectivity index (χ1v) is 6.11. The molecule has 0 spiro atoms. The number of carbonyl (C=O) groups excluding carboxylic acids is 1. The van der Waals surface area contributed by atoms with Crippen molar-refractivity contribution in [3.63, 3.8) is 0 Å². The molecule has 1 aliphatic rings. The summed E-state index contributed by atoms with van der Waals surface area (Å²) in [6.07, 6.45) is 4.75. The Kier molecular flexibility index (Phi) is 3.99. The molecule has 0 unspecified atom stereocenters. The number of amides is 1. The summed E-state index contributed by atoms with van der Waals surface area (Å²) in [7, 11) is 0. The van der Waals surface area contributed by atoms with Crippen molar-refractivity contribution in [2.45, 2.75) is 64.6 Å². The lowest BCUT2D eigenvalue weighted by molar-refractivity contribution is -0.245. The second-order valence-electron chi connectivity index (χ2n) is 6.05. The highest BCUT2D eigenvalue weighted by atomic mass is 16.5. The molecule has 0 aromatic carbocycles. The number of rotatable bonds is 2. The Bertz CT molecular complexity index is 303. The van der Waals surface area contributed by atoms with E-state index >= 15 is 0 Å². The molecule has 17 heavy (non-hydrogen) atoms. The largest absolute Gasteiger partial charge is 0.350 e. The van der Waals surface area contributed by atoms with Gasteiger partial charge in [0.15, 0.2) is 0 Å². The predicted molar refractivity (Wildman–Crippen MR) is 67.8 cm³/mol. The average molecular weight is 240 g/mol. The van der Waals surface area contributed by atoms with Crippen molar-refractivity contribution in [3.8, 4) is 0 Å². The quantitative estimate of drug-likeness (QED) is 0.727. The first kappa shape index (κ1) is 14.2. The van der Waals surface area contributed by atoms with Crippen molar-refractivity contribution in [2.75, 3.05) is 0 Å². The lowest BCUT2D eigenvalue weighted by atomic mass is 9.79. The molecule has 1 amide bonds. The summed E-state index contributed by atoms with van der Waals surface area (Å²) in [5, 5.41) is 14.5. The van der Waals surface area contributed by atoms with E-state index in [0.717, 1.165) is 12.8 Å². The van der Waals surface area contributed by atoms with Gasteiger partial charge in [0.2, 0.25) is 5.91 Å². The third-order valence-corrected chi connectivity index (χ3v) is 3.30. The van der Waals surface area contributed by atoms with Crippen LogP contribution in [0.4, 0.5) is 0 Å². The van der Waals surface area contributed by atoms with Crippen LogP contribution in [0.15, 0.2) is 12.2 Å². The summed E-state index contributed by atoms with van der Waals surface area (Å²) in [6.45, 7) is 9.78. The minimum Gasteiger partial charge on any atom is -0.350 e. The lowest BCUT2D eigenvalue weighted by Gasteiger charge is -2.51. The van der Waals surface area contributed by atoms with Gasteiger partial charge in [-0.05, 0) is 53.5 Å². The van der Waals surface area contributed by atoms with Crippen molar-refractivity contribution in [2.24, 2.45) is 0 Å². The van der Waals surface area contributed by atoms with E-state index in [1.807, 2.05) is 34.6 Å². The smallest absolute Gasteiger partial charge is 0.243 e. The number of nitrogens with zero attached hydrogens (tertiary/aromatic N) is 1. The summed E-state index contributed by atoms with van der Waals surface area (Å²) in [4.78, 5) is 11.5. The van der Waals surface area contributed by atoms with Gasteiger partial charge >= 0.3 is 0 Å². The van der Waals surface area contributed by atoms with Crippen LogP contribution >= 0.6 is 0 Å². The van der Waals surface area contributed by atoms with E-state index in [1.54, 1.807) is 6.08 Å². The lowest BCUT2D eigenvalue weighted by Crippen LogP contribution is -2.62. The third-order valence-electron chi connectivity index (χ3n) is 3.30. The Balaban J connectivity index is 2.75. The van der Waals surface area contributed by atoms with Crippen molar-refractivity contribution in [1.29, 1.82) is 0 Å². The molecule has 0 radical (unpaired) electrons. The molecule has 0 aliphatic carbocycles. The van der Waals surface area contributed by atoms with Gasteiger partial charge in [0, 0.05) is 17.1 Å². The third kappa shape index (κ3) is 3.30. The molecular weight excluding hydrogens is 216 g/mol. The fourth-order valence-electron chi connectivity index (χ4n) is 2.77. The standard InChI is InChI=1S/C13H24N2O2/c1-6-7-11(16)14-10-8-12(2,3)15(17)13(4,5)9-10/h6-7,10,17H,8-9H2,1-5H3,(H,14,16). The van der Waals surface area contributed by atoms with Crippen LogP contribution in [-0.2, 0) is 4.79 Å². The molecular formula is C13H24N2O2. The van der Waals surface area contributed by atoms with E-state index in [-0.39, 0.29) is 23.0 Å². The van der Waals surface area contributed by atoms with Crippen LogP contribution in [0.2, 0.25) is 0 Å². The monoisotopic (exact) mass is 240 g/mol. The molecule has 98 valence electrons. The van der Waals surface area contributed by atoms with Gasteiger partial charge < -0.3 is 10.5 Å². The van der Waals surface area contributed by atoms with Crippen LogP contribution in [0.25, 0.3) is 0 Å². The number of hydrogen-bond donors (Lipinski definition) is 2. The summed E-state index contributed by atoms with van der Waals surface area (Å²) in [5.41, 5.74) is -0.648. The van der Waals surface area contributed by atoms with Gasteiger partial charge in [-0.2, -0.15) is 5.06 Å². The molecule has 0 aromatic rings. The van der Waals surface area contributed by atoms with Gasteiger partial charge in [0.1, 0.15) is 0 Å². The van der Waals surface area contributed by atoms with Crippen molar-refractivity contribution < 1.29 is 10.0 Å². The molecule has 1 rings (SSSR count). The minimum absolute atomic E-state index is 0.0597. The zero-order valence-electron chi connectivity index (χ0n) is 11.4. The topological polar surface area (TPSA) is 52.6 Å². The Morgan fingerprint density at radius 2 is 1.76 bits per heavy atom. The zero-order valence-corrected chi connectivity index (χ0v) is 11.4. The first-order valence-electron chi connectivity index (χ1n) is 6.11. The van der Waals surface area contributed by atoms with Gasteiger partial charge in [-0.1, -0.05) is 6.08 Å². The molecule has 4 nitrogen and oxygen atoms in total. The Labute approximate surface area is 104 Å². The second kappa shape index (κ2) is 4.78. The van der Waals surface area contributed by atoms with Gasteiger partial charge in [-0.3, -0.25) is 4.79 Å². The second-order valence-corrected chi connectivity index (χ2v) is 6.05. The molecule has 1 heterocycles. The molecule has 4 heteroatoms. The number of hydrogen-bond acceptors (Lipinski definition) is 3. The van der Waals surface area contributed by atoms with Gasteiger partial charge in [-0.15, -0.1) is 0 Å². The summed E-state index contributed by atoms with van der Waals surface area (Å²) in [6, 6.07) is 0.104. The molecule has 1 fully saturated rings. The van der Waals surface area contributed by atoms with Crippen molar-refractivity contribution >= 4 is 5.91 Å². The molecule has 1 saturated heterocycles. The van der Waals surface area contributed by atoms with Crippen LogP contribution in [0, 0.1) is 0 Å². The molecule has 0 atom stereocenters. The van der Waals surface area contributed by atoms with E-state index < -0.39 is 0 Å². The van der Waals surface area contributed by atoms with Crippen LogP contribution in [0.1, 0.15) is 47.5 Å². The number of allylic oxidation sites excluding steroid dienone is 1. The minimum atomic E-state index is -0.324. The Morgan fingerprint density at radius 1 is 1.29 bits per heavy atom. The van der Waals surface area contributed by atoms with Crippen molar-refractivity contribution in [1.82, 2.24) is 10.4 Å². The number of hydroxylamine groups is 2. The zero-order chi connectivity index (χ0) is 13.3. The summed E-state index contributed by atoms with van der Waals surface area (Å²) in [5.74, 6) is -0.0597. The van der Waals surface area contributed by atoms with Gasteiger partial charge in [0.25, 0.3) is 0 Å². The van der Waals surface area contributed by atoms with Crippen LogP contribution in [-0.4, -0.2) is 33.3 Å². The maximum Gasteiger partial charge on any atom is 0.243 e. The highest BCUT2D eigenvalue weighted by molar-refractivity contribution is 5.87. The highest BCUT2D eigenvalue weighted by Gasteiger charge is 2.45. The van der Waals surface area contributed by atoms with Crippen LogP contribution in [0.5, 0.6) is 0 Å². The molecule has 0 saturated carbocycles. The van der Waals surface area contributed by atoms with E-state index in [1.165, 1.54) is 11.1 Å². The normalized spacial score (nSPS) is 25.1. The molecule has 0 bridgehead atoms. The summed E-state index contributed by atoms with van der Waals surface area (Å²) < 4.78 is 0. The fourth-order valence-corrected chi connectivity index (χ4v) is 2.77. The van der Waals surface area contributed by atoms with Crippen molar-refractivity contribution in [3.05, 3.63) is 12.2 Å². The average Bonchev–Trinajstić information content (AvgIpc) is 2.13. The molecule has 1 aliphatic heterocycles. The Morgan fingerprint density at radius 3 is 2.18 bits per heavy atom. The Hall–Kier alpha value is -0.870. The van der Waals surface area contributed by atoms with E-state index in [9.17, 15) is 10.0 Å². The highest BCUT2D eigenvalue weighted by Crippen LogP contribution is 2.36. The number of carbonyl (C=O) groups is 1. The fraction of sp³-hybridized carbons (Fsp3) is 0.769. The predicted octanol–water partition coefficient (Wildman–Crippen LogP) is 2.09. The number of piperidine rings is 1. The SMILES string of the molecule is CC=CC(=O)NC1CC(C)(C)N(O)C(C)(C)C1.